The monoisotopic (exact) mass is 512 g/mol. The molecule has 0 fully saturated rings. The summed E-state index contributed by atoms with van der Waals surface area (Å²) in [5.41, 5.74) is -0.317. The average Bonchev–Trinajstić information content (AvgIpc) is 3.36. The Balaban J connectivity index is 1.48. The van der Waals surface area contributed by atoms with Gasteiger partial charge in [-0.25, -0.2) is 4.39 Å². The van der Waals surface area contributed by atoms with Crippen molar-refractivity contribution < 1.29 is 36.3 Å². The van der Waals surface area contributed by atoms with E-state index in [9.17, 15) is 27.5 Å². The van der Waals surface area contributed by atoms with Crippen molar-refractivity contribution in [3.63, 3.8) is 0 Å². The van der Waals surface area contributed by atoms with Gasteiger partial charge in [-0.1, -0.05) is 41.6 Å². The fourth-order valence-electron chi connectivity index (χ4n) is 3.69. The topological polar surface area (TPSA) is 98.6 Å². The highest BCUT2D eigenvalue weighted by Crippen LogP contribution is 2.34. The van der Waals surface area contributed by atoms with Crippen molar-refractivity contribution >= 4 is 11.0 Å². The minimum absolute atomic E-state index is 0.0785. The van der Waals surface area contributed by atoms with Gasteiger partial charge in [0, 0.05) is 5.56 Å². The van der Waals surface area contributed by atoms with Crippen LogP contribution in [0.15, 0.2) is 80.5 Å². The number of halogens is 4. The Bertz CT molecular complexity index is 1640. The number of aliphatic hydroxyl groups is 1. The number of hydrogen-bond acceptors (Lipinski definition) is 7. The molecule has 0 spiro atoms. The summed E-state index contributed by atoms with van der Waals surface area (Å²) in [5, 5.41) is 13.3. The van der Waals surface area contributed by atoms with Crippen molar-refractivity contribution in [2.24, 2.45) is 0 Å². The molecule has 0 unspecified atom stereocenters. The molecule has 7 nitrogen and oxygen atoms in total. The summed E-state index contributed by atoms with van der Waals surface area (Å²) in [7, 11) is 0. The molecule has 0 amide bonds. The first kappa shape index (κ1) is 24.2. The lowest BCUT2D eigenvalue weighted by Crippen LogP contribution is -2.09. The molecule has 0 radical (unpaired) electrons. The maximum absolute atomic E-state index is 13.8. The van der Waals surface area contributed by atoms with Gasteiger partial charge in [0.25, 0.3) is 11.8 Å². The van der Waals surface area contributed by atoms with E-state index in [1.807, 2.05) is 0 Å². The van der Waals surface area contributed by atoms with Gasteiger partial charge < -0.3 is 18.8 Å². The fourth-order valence-corrected chi connectivity index (χ4v) is 3.69. The van der Waals surface area contributed by atoms with Gasteiger partial charge in [-0.15, -0.1) is 0 Å². The van der Waals surface area contributed by atoms with E-state index in [1.165, 1.54) is 0 Å². The predicted molar refractivity (Wildman–Crippen MR) is 123 cm³/mol. The van der Waals surface area contributed by atoms with Crippen LogP contribution in [0.25, 0.3) is 33.6 Å². The molecule has 1 N–H and O–H groups in total. The summed E-state index contributed by atoms with van der Waals surface area (Å²) in [6.07, 6.45) is -4.76. The van der Waals surface area contributed by atoms with Crippen molar-refractivity contribution in [1.29, 1.82) is 0 Å². The summed E-state index contributed by atoms with van der Waals surface area (Å²) in [6, 6.07) is 15.0. The first-order valence-electron chi connectivity index (χ1n) is 10.8. The van der Waals surface area contributed by atoms with E-state index in [0.717, 1.165) is 6.07 Å². The van der Waals surface area contributed by atoms with E-state index in [0.29, 0.717) is 28.6 Å². The molecular formula is C26H16F4N2O5. The third-order valence-corrected chi connectivity index (χ3v) is 5.46. The van der Waals surface area contributed by atoms with Crippen LogP contribution < -0.4 is 10.2 Å². The van der Waals surface area contributed by atoms with Gasteiger partial charge in [0.05, 0.1) is 17.6 Å². The molecule has 0 saturated heterocycles. The number of ether oxygens (including phenoxy) is 1. The van der Waals surface area contributed by atoms with E-state index in [2.05, 4.69) is 10.1 Å². The second-order valence-corrected chi connectivity index (χ2v) is 7.98. The van der Waals surface area contributed by atoms with Crippen molar-refractivity contribution in [3.8, 4) is 28.5 Å². The van der Waals surface area contributed by atoms with Gasteiger partial charge >= 0.3 is 6.18 Å². The summed E-state index contributed by atoms with van der Waals surface area (Å²) < 4.78 is 69.4. The Morgan fingerprint density at radius 3 is 2.46 bits per heavy atom. The quantitative estimate of drug-likeness (QED) is 0.290. The van der Waals surface area contributed by atoms with Crippen LogP contribution in [0.3, 0.4) is 0 Å². The zero-order chi connectivity index (χ0) is 26.2. The van der Waals surface area contributed by atoms with Gasteiger partial charge in [0.15, 0.2) is 6.61 Å². The second kappa shape index (κ2) is 9.51. The van der Waals surface area contributed by atoms with Crippen molar-refractivity contribution in [2.75, 3.05) is 0 Å². The van der Waals surface area contributed by atoms with E-state index in [-0.39, 0.29) is 53.0 Å². The molecule has 0 bridgehead atoms. The minimum atomic E-state index is -4.76. The third kappa shape index (κ3) is 4.94. The molecule has 3 aromatic carbocycles. The van der Waals surface area contributed by atoms with Gasteiger partial charge in [-0.3, -0.25) is 4.79 Å². The first-order valence-corrected chi connectivity index (χ1v) is 10.8. The molecule has 188 valence electrons. The molecule has 5 aromatic rings. The summed E-state index contributed by atoms with van der Waals surface area (Å²) in [4.78, 5) is 17.3. The number of benzene rings is 3. The van der Waals surface area contributed by atoms with Crippen molar-refractivity contribution in [1.82, 2.24) is 10.1 Å². The highest BCUT2D eigenvalue weighted by molar-refractivity contribution is 5.83. The Labute approximate surface area is 205 Å². The van der Waals surface area contributed by atoms with Gasteiger partial charge in [-0.05, 0) is 41.5 Å². The van der Waals surface area contributed by atoms with E-state index in [4.69, 9.17) is 13.7 Å². The molecule has 5 rings (SSSR count). The largest absolute Gasteiger partial charge is 0.456 e. The molecule has 0 saturated carbocycles. The smallest absolute Gasteiger partial charge is 0.416 e. The van der Waals surface area contributed by atoms with Crippen LogP contribution in [0.2, 0.25) is 0 Å². The SMILES string of the molecule is O=c1c(-c2ccc(CO)cc2)c(OCc2noc(-c3cc(F)cc(C(F)(F)F)c3)n2)oc2ccccc12. The van der Waals surface area contributed by atoms with E-state index >= 15 is 0 Å². The number of fused-ring (bicyclic) bond motifs is 1. The Morgan fingerprint density at radius 2 is 1.73 bits per heavy atom. The standard InChI is InChI=1S/C26H16F4N2O5/c27-18-10-16(9-17(11-18)26(28,29)30)24-31-21(32-37-24)13-35-25-22(15-7-5-14(12-33)6-8-15)23(34)19-3-1-2-4-20(19)36-25/h1-11,33H,12-13H2. The van der Waals surface area contributed by atoms with Crippen LogP contribution in [0.5, 0.6) is 5.95 Å². The minimum Gasteiger partial charge on any atom is -0.456 e. The van der Waals surface area contributed by atoms with Crippen LogP contribution in [-0.2, 0) is 19.4 Å². The number of aromatic nitrogens is 2. The average molecular weight is 512 g/mol. The highest BCUT2D eigenvalue weighted by Gasteiger charge is 2.32. The number of rotatable bonds is 6. The normalized spacial score (nSPS) is 11.7. The summed E-state index contributed by atoms with van der Waals surface area (Å²) in [5.74, 6) is -1.68. The van der Waals surface area contributed by atoms with E-state index in [1.54, 1.807) is 48.5 Å². The van der Waals surface area contributed by atoms with E-state index < -0.39 is 17.6 Å². The number of para-hydroxylation sites is 1. The lowest BCUT2D eigenvalue weighted by atomic mass is 10.0. The number of hydrogen-bond donors (Lipinski definition) is 1. The third-order valence-electron chi connectivity index (χ3n) is 5.46. The molecule has 0 aliphatic heterocycles. The van der Waals surface area contributed by atoms with Gasteiger partial charge in [0.1, 0.15) is 17.0 Å². The lowest BCUT2D eigenvalue weighted by molar-refractivity contribution is -0.137. The Kier molecular flexibility index (Phi) is 6.22. The lowest BCUT2D eigenvalue weighted by Gasteiger charge is -2.10. The first-order chi connectivity index (χ1) is 17.7. The fraction of sp³-hybridized carbons (Fsp3) is 0.115. The van der Waals surface area contributed by atoms with Gasteiger partial charge in [-0.2, -0.15) is 18.2 Å². The van der Waals surface area contributed by atoms with Crippen LogP contribution in [0.4, 0.5) is 17.6 Å². The maximum atomic E-state index is 13.8. The molecule has 0 atom stereocenters. The zero-order valence-electron chi connectivity index (χ0n) is 18.8. The second-order valence-electron chi connectivity index (χ2n) is 7.98. The van der Waals surface area contributed by atoms with Crippen molar-refractivity contribution in [2.45, 2.75) is 19.4 Å². The summed E-state index contributed by atoms with van der Waals surface area (Å²) in [6.45, 7) is -0.542. The summed E-state index contributed by atoms with van der Waals surface area (Å²) >= 11 is 0. The molecule has 2 heterocycles. The van der Waals surface area contributed by atoms with Gasteiger partial charge in [0.2, 0.25) is 11.3 Å². The van der Waals surface area contributed by atoms with Crippen LogP contribution in [-0.4, -0.2) is 15.2 Å². The molecule has 11 heteroatoms. The Hall–Kier alpha value is -4.51. The molecular weight excluding hydrogens is 496 g/mol. The molecule has 37 heavy (non-hydrogen) atoms. The Morgan fingerprint density at radius 1 is 0.973 bits per heavy atom. The van der Waals surface area contributed by atoms with Crippen LogP contribution in [0.1, 0.15) is 17.0 Å². The van der Waals surface area contributed by atoms with Crippen molar-refractivity contribution in [3.05, 3.63) is 99.7 Å². The van der Waals surface area contributed by atoms with Crippen LogP contribution >= 0.6 is 0 Å². The molecule has 2 aromatic heterocycles. The number of nitrogens with zero attached hydrogens (tertiary/aromatic N) is 2. The molecule has 0 aliphatic rings. The number of alkyl halides is 3. The number of aliphatic hydroxyl groups excluding tert-OH is 1. The predicted octanol–water partition coefficient (Wildman–Crippen LogP) is 5.74. The molecule has 0 aliphatic carbocycles. The highest BCUT2D eigenvalue weighted by atomic mass is 19.4. The van der Waals surface area contributed by atoms with Crippen LogP contribution in [0, 0.1) is 5.82 Å². The maximum Gasteiger partial charge on any atom is 0.416 e. The zero-order valence-corrected chi connectivity index (χ0v) is 18.8.